The zero-order chi connectivity index (χ0) is 23.7. The molecule has 0 saturated carbocycles. The molecule has 0 saturated heterocycles. The molecule has 1 aliphatic carbocycles. The van der Waals surface area contributed by atoms with Gasteiger partial charge in [-0.25, -0.2) is 4.98 Å². The topological polar surface area (TPSA) is 38.7 Å². The highest BCUT2D eigenvalue weighted by Gasteiger charge is 2.37. The minimum absolute atomic E-state index is 0.00841. The number of fused-ring (bicyclic) bond motifs is 3. The molecule has 1 heterocycles. The molecule has 33 heavy (non-hydrogen) atoms. The van der Waals surface area contributed by atoms with Crippen molar-refractivity contribution in [2.75, 3.05) is 0 Å². The van der Waals surface area contributed by atoms with Crippen molar-refractivity contribution in [1.82, 2.24) is 15.0 Å². The van der Waals surface area contributed by atoms with E-state index in [1.54, 1.807) is 0 Å². The van der Waals surface area contributed by atoms with E-state index in [9.17, 15) is 0 Å². The smallest absolute Gasteiger partial charge is 0.208 e. The number of aromatic nitrogens is 3. The number of hydrogen-bond donors (Lipinski definition) is 0. The molecule has 1 aliphatic rings. The van der Waals surface area contributed by atoms with Crippen LogP contribution in [0.4, 0.5) is 0 Å². The number of halogens is 1. The van der Waals surface area contributed by atoms with Gasteiger partial charge >= 0.3 is 0 Å². The van der Waals surface area contributed by atoms with Crippen LogP contribution in [-0.4, -0.2) is 54.2 Å². The first-order valence-corrected chi connectivity index (χ1v) is 10.7. The van der Waals surface area contributed by atoms with Crippen LogP contribution in [0.3, 0.4) is 0 Å². The Bertz CT molecular complexity index is 1440. The van der Waals surface area contributed by atoms with Crippen molar-refractivity contribution in [2.45, 2.75) is 19.3 Å². The summed E-state index contributed by atoms with van der Waals surface area (Å²) in [6, 6.07) is 14.4. The first-order chi connectivity index (χ1) is 15.6. The molecular weight excluding hydrogens is 420 g/mol. The normalized spacial score (nSPS) is 13.5. The first-order valence-electron chi connectivity index (χ1n) is 10.3. The lowest BCUT2D eigenvalue weighted by Crippen LogP contribution is -2.55. The summed E-state index contributed by atoms with van der Waals surface area (Å²) >= 11 is 6.34. The molecule has 0 amide bonds. The van der Waals surface area contributed by atoms with Crippen molar-refractivity contribution >= 4 is 78.1 Å². The van der Waals surface area contributed by atoms with Gasteiger partial charge in [0, 0.05) is 16.5 Å². The lowest BCUT2D eigenvalue weighted by molar-refractivity contribution is 0.660. The maximum absolute atomic E-state index is 6.34. The second-order valence-corrected chi connectivity index (χ2v) is 8.93. The number of rotatable bonds is 2. The molecule has 3 nitrogen and oxygen atoms in total. The van der Waals surface area contributed by atoms with Crippen molar-refractivity contribution in [3.8, 4) is 33.9 Å². The summed E-state index contributed by atoms with van der Waals surface area (Å²) in [5.74, 6) is 0.559. The Labute approximate surface area is 204 Å². The Balaban J connectivity index is 1.79. The summed E-state index contributed by atoms with van der Waals surface area (Å²) in [5, 5.41) is -0.00841. The highest BCUT2D eigenvalue weighted by molar-refractivity contribution is 6.68. The quantitative estimate of drug-likeness (QED) is 0.423. The van der Waals surface area contributed by atoms with Crippen LogP contribution in [-0.2, 0) is 5.41 Å². The monoisotopic (exact) mass is 433 g/mol. The second kappa shape index (κ2) is 7.67. The molecular formula is C24H13B5ClN3. The third-order valence-electron chi connectivity index (χ3n) is 6.38. The van der Waals surface area contributed by atoms with Crippen molar-refractivity contribution < 1.29 is 0 Å². The zero-order valence-electron chi connectivity index (χ0n) is 18.1. The molecule has 0 atom stereocenters. The van der Waals surface area contributed by atoms with Gasteiger partial charge in [-0.1, -0.05) is 67.2 Å². The van der Waals surface area contributed by atoms with E-state index in [0.717, 1.165) is 16.7 Å². The maximum Gasteiger partial charge on any atom is 0.226 e. The van der Waals surface area contributed by atoms with Crippen LogP contribution in [0.2, 0.25) is 5.28 Å². The lowest BCUT2D eigenvalue weighted by Gasteiger charge is -2.21. The molecule has 0 fully saturated rings. The summed E-state index contributed by atoms with van der Waals surface area (Å²) in [5.41, 5.74) is 6.16. The molecule has 10 radical (unpaired) electrons. The summed E-state index contributed by atoms with van der Waals surface area (Å²) in [6.45, 7) is 4.41. The number of nitrogens with zero attached hydrogens (tertiary/aromatic N) is 3. The van der Waals surface area contributed by atoms with E-state index in [-0.39, 0.29) is 49.4 Å². The highest BCUT2D eigenvalue weighted by Crippen LogP contribution is 2.51. The lowest BCUT2D eigenvalue weighted by atomic mass is 9.60. The minimum atomic E-state index is -0.170. The number of benzene rings is 3. The van der Waals surface area contributed by atoms with Crippen molar-refractivity contribution in [3.05, 3.63) is 58.9 Å². The van der Waals surface area contributed by atoms with Gasteiger partial charge in [0.2, 0.25) is 5.28 Å². The Kier molecular flexibility index (Phi) is 5.13. The van der Waals surface area contributed by atoms with Gasteiger partial charge in [0.05, 0.1) is 0 Å². The predicted octanol–water partition coefficient (Wildman–Crippen LogP) is 0.134. The van der Waals surface area contributed by atoms with E-state index in [2.05, 4.69) is 47.0 Å². The fraction of sp³-hybridized carbons (Fsp3) is 0.125. The van der Waals surface area contributed by atoms with E-state index in [1.165, 1.54) is 11.1 Å². The van der Waals surface area contributed by atoms with Crippen LogP contribution in [0.25, 0.3) is 33.9 Å². The van der Waals surface area contributed by atoms with E-state index in [1.807, 2.05) is 24.3 Å². The van der Waals surface area contributed by atoms with Crippen molar-refractivity contribution in [1.29, 1.82) is 0 Å². The molecule has 3 aromatic carbocycles. The van der Waals surface area contributed by atoms with Gasteiger partial charge in [0.15, 0.2) is 11.6 Å². The molecule has 0 unspecified atom stereocenters. The fourth-order valence-electron chi connectivity index (χ4n) is 4.61. The number of hydrogen-bond acceptors (Lipinski definition) is 3. The third-order valence-corrected chi connectivity index (χ3v) is 6.55. The standard InChI is InChI=1S/C24H13B5ClN3/c1-24(2)12-8-4-3-6-10(12)14-11(7-5-9-13(14)24)21-31-22(33-23(30)32-21)15-16(25)18(27)20(29)19(28)17(15)26/h3-9H,1-2H3. The van der Waals surface area contributed by atoms with Crippen LogP contribution in [0.5, 0.6) is 0 Å². The molecule has 0 aliphatic heterocycles. The SMILES string of the molecule is [B]c1c([B])c([B])c(-c2nc(Cl)nc(-c3cccc4c3-c3ccccc3C4(C)C)n2)c([B])c1[B]. The van der Waals surface area contributed by atoms with Crippen LogP contribution >= 0.6 is 11.6 Å². The molecule has 9 heteroatoms. The van der Waals surface area contributed by atoms with E-state index >= 15 is 0 Å². The molecule has 0 spiro atoms. The Morgan fingerprint density at radius 1 is 0.606 bits per heavy atom. The van der Waals surface area contributed by atoms with E-state index in [4.69, 9.17) is 50.8 Å². The van der Waals surface area contributed by atoms with Crippen LogP contribution in [0.1, 0.15) is 25.0 Å². The molecule has 146 valence electrons. The van der Waals surface area contributed by atoms with Crippen LogP contribution in [0, 0.1) is 0 Å². The largest absolute Gasteiger partial charge is 0.226 e. The van der Waals surface area contributed by atoms with Gasteiger partial charge in [0.1, 0.15) is 39.2 Å². The van der Waals surface area contributed by atoms with Gasteiger partial charge in [-0.2, -0.15) is 9.97 Å². The minimum Gasteiger partial charge on any atom is -0.208 e. The Hall–Kier alpha value is -2.72. The highest BCUT2D eigenvalue weighted by atomic mass is 35.5. The summed E-state index contributed by atoms with van der Waals surface area (Å²) in [4.78, 5) is 13.4. The predicted molar refractivity (Wildman–Crippen MR) is 140 cm³/mol. The fourth-order valence-corrected chi connectivity index (χ4v) is 4.77. The summed E-state index contributed by atoms with van der Waals surface area (Å²) in [6.07, 6.45) is 0. The average molecular weight is 433 g/mol. The Morgan fingerprint density at radius 2 is 1.15 bits per heavy atom. The summed E-state index contributed by atoms with van der Waals surface area (Å²) in [7, 11) is 30.5. The zero-order valence-corrected chi connectivity index (χ0v) is 18.9. The van der Waals surface area contributed by atoms with Crippen molar-refractivity contribution in [2.24, 2.45) is 0 Å². The van der Waals surface area contributed by atoms with Crippen molar-refractivity contribution in [3.63, 3.8) is 0 Å². The van der Waals surface area contributed by atoms with E-state index in [0.29, 0.717) is 5.82 Å². The Morgan fingerprint density at radius 3 is 1.85 bits per heavy atom. The van der Waals surface area contributed by atoms with E-state index < -0.39 is 0 Å². The van der Waals surface area contributed by atoms with Gasteiger partial charge in [-0.15, -0.1) is 16.4 Å². The molecule has 1 aromatic heterocycles. The molecule has 0 bridgehead atoms. The van der Waals surface area contributed by atoms with Gasteiger partial charge in [0.25, 0.3) is 0 Å². The first kappa shape index (κ1) is 22.1. The van der Waals surface area contributed by atoms with Gasteiger partial charge < -0.3 is 0 Å². The molecule has 4 aromatic rings. The maximum atomic E-state index is 6.34. The second-order valence-electron chi connectivity index (χ2n) is 8.59. The van der Waals surface area contributed by atoms with Gasteiger partial charge in [-0.3, -0.25) is 0 Å². The molecule has 0 N–H and O–H groups in total. The molecule has 5 rings (SSSR count). The van der Waals surface area contributed by atoms with Gasteiger partial charge in [-0.05, 0) is 33.9 Å². The average Bonchev–Trinajstić information content (AvgIpc) is 3.03. The van der Waals surface area contributed by atoms with Crippen LogP contribution < -0.4 is 27.3 Å². The van der Waals surface area contributed by atoms with Crippen LogP contribution in [0.15, 0.2) is 42.5 Å². The summed E-state index contributed by atoms with van der Waals surface area (Å²) < 4.78 is 0. The third kappa shape index (κ3) is 3.22.